The maximum atomic E-state index is 12.5. The molecule has 2 aromatic rings. The lowest BCUT2D eigenvalue weighted by Gasteiger charge is -2.37. The van der Waals surface area contributed by atoms with Crippen LogP contribution in [0, 0.1) is 5.92 Å². The van der Waals surface area contributed by atoms with E-state index in [1.54, 1.807) is 12.1 Å². The molecule has 118 valence electrons. The first-order valence-electron chi connectivity index (χ1n) is 6.88. The summed E-state index contributed by atoms with van der Waals surface area (Å²) in [7, 11) is 1.28. The number of carbonyl (C=O) groups excluding carboxylic acids is 2. The molecule has 2 aliphatic heterocycles. The third kappa shape index (κ3) is 2.13. The zero-order valence-electron chi connectivity index (χ0n) is 11.9. The van der Waals surface area contributed by atoms with Gasteiger partial charge in [0.1, 0.15) is 11.0 Å². The van der Waals surface area contributed by atoms with E-state index in [4.69, 9.17) is 9.47 Å². The number of aromatic amines is 1. The van der Waals surface area contributed by atoms with E-state index >= 15 is 0 Å². The van der Waals surface area contributed by atoms with Crippen molar-refractivity contribution in [1.82, 2.24) is 4.98 Å². The molecule has 3 atom stereocenters. The van der Waals surface area contributed by atoms with E-state index in [1.807, 2.05) is 12.1 Å². The first kappa shape index (κ1) is 14.5. The fraction of sp³-hybridized carbons (Fsp3) is 0.267. The second-order valence-corrected chi connectivity index (χ2v) is 7.40. The number of benzene rings is 1. The molecule has 23 heavy (non-hydrogen) atoms. The van der Waals surface area contributed by atoms with Crippen molar-refractivity contribution in [1.29, 1.82) is 0 Å². The topological polar surface area (TPSA) is 85.5 Å². The van der Waals surface area contributed by atoms with Crippen molar-refractivity contribution >= 4 is 35.0 Å². The molecule has 8 heteroatoms. The van der Waals surface area contributed by atoms with Crippen LogP contribution in [0.1, 0.15) is 16.4 Å². The van der Waals surface area contributed by atoms with Crippen molar-refractivity contribution in [3.63, 3.8) is 0 Å². The molecule has 0 saturated heterocycles. The molecule has 2 aliphatic rings. The number of hydrogen-bond donors (Lipinski definition) is 1. The zero-order valence-corrected chi connectivity index (χ0v) is 13.5. The Hall–Kier alpha value is -2.06. The smallest absolute Gasteiger partial charge is 0.320 e. The number of thioether (sulfide) groups is 1. The van der Waals surface area contributed by atoms with Gasteiger partial charge in [0, 0.05) is 16.4 Å². The highest BCUT2D eigenvalue weighted by Gasteiger charge is 2.51. The largest absolute Gasteiger partial charge is 0.468 e. The quantitative estimate of drug-likeness (QED) is 0.624. The van der Waals surface area contributed by atoms with Gasteiger partial charge in [0.2, 0.25) is 0 Å². The van der Waals surface area contributed by atoms with E-state index in [1.165, 1.54) is 7.11 Å². The maximum absolute atomic E-state index is 12.5. The Labute approximate surface area is 138 Å². The van der Waals surface area contributed by atoms with Gasteiger partial charge in [0.25, 0.3) is 0 Å². The van der Waals surface area contributed by atoms with Crippen LogP contribution in [0.5, 0.6) is 5.75 Å². The van der Waals surface area contributed by atoms with E-state index in [2.05, 4.69) is 4.98 Å². The Morgan fingerprint density at radius 2 is 2.09 bits per heavy atom. The minimum absolute atomic E-state index is 0.205. The van der Waals surface area contributed by atoms with Crippen molar-refractivity contribution < 1.29 is 19.1 Å². The van der Waals surface area contributed by atoms with Gasteiger partial charge in [-0.25, -0.2) is 0 Å². The molecule has 0 fully saturated rings. The lowest BCUT2D eigenvalue weighted by atomic mass is 9.80. The molecular weight excluding hydrogens is 338 g/mol. The third-order valence-corrected chi connectivity index (χ3v) is 6.42. The number of esters is 2. The number of ether oxygens (including phenoxy) is 2. The van der Waals surface area contributed by atoms with Gasteiger partial charge >= 0.3 is 16.8 Å². The molecule has 6 nitrogen and oxygen atoms in total. The molecule has 0 radical (unpaired) electrons. The first-order chi connectivity index (χ1) is 11.1. The number of thiazole rings is 1. The van der Waals surface area contributed by atoms with Crippen LogP contribution >= 0.6 is 23.1 Å². The predicted octanol–water partition coefficient (Wildman–Crippen LogP) is 1.75. The van der Waals surface area contributed by atoms with Crippen LogP contribution in [0.15, 0.2) is 34.1 Å². The van der Waals surface area contributed by atoms with Gasteiger partial charge < -0.3 is 14.5 Å². The van der Waals surface area contributed by atoms with Gasteiger partial charge in [0.05, 0.1) is 18.1 Å². The van der Waals surface area contributed by atoms with Crippen LogP contribution in [0.4, 0.5) is 0 Å². The fourth-order valence-electron chi connectivity index (χ4n) is 3.07. The number of para-hydroxylation sites is 1. The highest BCUT2D eigenvalue weighted by molar-refractivity contribution is 8.00. The van der Waals surface area contributed by atoms with Gasteiger partial charge in [-0.3, -0.25) is 14.4 Å². The summed E-state index contributed by atoms with van der Waals surface area (Å²) < 4.78 is 10.2. The number of fused-ring (bicyclic) bond motifs is 5. The Kier molecular flexibility index (Phi) is 3.31. The minimum Gasteiger partial charge on any atom is -0.468 e. The SMILES string of the molecule is COC(=O)[C@@H]1Sc2[nH]c(=O)sc2[C@@H]2c3ccccc3OC(=O)[C@H]21. The molecule has 1 N–H and O–H groups in total. The summed E-state index contributed by atoms with van der Waals surface area (Å²) in [5, 5.41) is -0.121. The van der Waals surface area contributed by atoms with Gasteiger partial charge in [0.15, 0.2) is 0 Å². The molecule has 4 rings (SSSR count). The summed E-state index contributed by atoms with van der Waals surface area (Å²) in [5.74, 6) is -1.58. The number of rotatable bonds is 1. The molecule has 3 heterocycles. The van der Waals surface area contributed by atoms with E-state index in [0.29, 0.717) is 10.8 Å². The summed E-state index contributed by atoms with van der Waals surface area (Å²) >= 11 is 2.23. The monoisotopic (exact) mass is 349 g/mol. The Bertz CT molecular complexity index is 871. The summed E-state index contributed by atoms with van der Waals surface area (Å²) in [6, 6.07) is 7.20. The number of methoxy groups -OCH3 is 1. The normalized spacial score (nSPS) is 24.9. The van der Waals surface area contributed by atoms with Crippen LogP contribution in [-0.4, -0.2) is 29.3 Å². The highest BCUT2D eigenvalue weighted by Crippen LogP contribution is 2.53. The lowest BCUT2D eigenvalue weighted by molar-refractivity contribution is -0.149. The van der Waals surface area contributed by atoms with Crippen LogP contribution in [0.2, 0.25) is 0 Å². The van der Waals surface area contributed by atoms with E-state index in [0.717, 1.165) is 33.5 Å². The number of carbonyl (C=O) groups is 2. The fourth-order valence-corrected chi connectivity index (χ4v) is 5.56. The summed E-state index contributed by atoms with van der Waals surface area (Å²) in [5.41, 5.74) is 0.808. The Balaban J connectivity index is 1.95. The third-order valence-electron chi connectivity index (χ3n) is 4.02. The molecule has 0 aliphatic carbocycles. The Morgan fingerprint density at radius 3 is 2.87 bits per heavy atom. The van der Waals surface area contributed by atoms with E-state index in [9.17, 15) is 14.4 Å². The first-order valence-corrected chi connectivity index (χ1v) is 8.58. The second-order valence-electron chi connectivity index (χ2n) is 5.23. The number of hydrogen-bond acceptors (Lipinski definition) is 7. The van der Waals surface area contributed by atoms with Crippen LogP contribution < -0.4 is 9.61 Å². The average molecular weight is 349 g/mol. The Morgan fingerprint density at radius 1 is 1.30 bits per heavy atom. The lowest BCUT2D eigenvalue weighted by Crippen LogP contribution is -2.44. The van der Waals surface area contributed by atoms with E-state index in [-0.39, 0.29) is 10.8 Å². The standard InChI is InChI=1S/C15H11NO5S2/c1-20-14(18)11-9-8(10-12(22-11)16-15(19)23-10)6-4-2-3-5-7(6)21-13(9)17/h2-5,8-9,11H,1H3,(H,16,19)/t8-,9-,11-/m1/s1. The molecule has 0 spiro atoms. The van der Waals surface area contributed by atoms with Crippen molar-refractivity contribution in [3.8, 4) is 5.75 Å². The molecule has 0 saturated carbocycles. The summed E-state index contributed by atoms with van der Waals surface area (Å²) in [6.45, 7) is 0. The van der Waals surface area contributed by atoms with Gasteiger partial charge in [-0.1, -0.05) is 41.3 Å². The van der Waals surface area contributed by atoms with Crippen molar-refractivity contribution in [3.05, 3.63) is 44.4 Å². The van der Waals surface area contributed by atoms with Crippen LogP contribution in [0.3, 0.4) is 0 Å². The van der Waals surface area contributed by atoms with Crippen molar-refractivity contribution in [2.24, 2.45) is 5.92 Å². The molecule has 1 aromatic heterocycles. The molecule has 0 unspecified atom stereocenters. The predicted molar refractivity (Wildman–Crippen MR) is 84.0 cm³/mol. The van der Waals surface area contributed by atoms with Gasteiger partial charge in [-0.05, 0) is 6.07 Å². The van der Waals surface area contributed by atoms with Gasteiger partial charge in [-0.15, -0.1) is 0 Å². The molecular formula is C15H11NO5S2. The van der Waals surface area contributed by atoms with Crippen LogP contribution in [-0.2, 0) is 14.3 Å². The van der Waals surface area contributed by atoms with Gasteiger partial charge in [-0.2, -0.15) is 0 Å². The van der Waals surface area contributed by atoms with Crippen LogP contribution in [0.25, 0.3) is 0 Å². The van der Waals surface area contributed by atoms with E-state index < -0.39 is 23.1 Å². The number of H-pyrrole nitrogens is 1. The van der Waals surface area contributed by atoms with Crippen molar-refractivity contribution in [2.45, 2.75) is 16.2 Å². The molecule has 0 amide bonds. The summed E-state index contributed by atoms with van der Waals surface area (Å²) in [4.78, 5) is 39.8. The minimum atomic E-state index is -0.747. The average Bonchev–Trinajstić information content (AvgIpc) is 2.93. The number of nitrogens with one attached hydrogen (secondary N) is 1. The second kappa shape index (κ2) is 5.24. The molecule has 1 aromatic carbocycles. The summed E-state index contributed by atoms with van der Waals surface area (Å²) in [6.07, 6.45) is 0. The van der Waals surface area contributed by atoms with Crippen molar-refractivity contribution in [2.75, 3.05) is 7.11 Å². The molecule has 0 bridgehead atoms. The highest BCUT2D eigenvalue weighted by atomic mass is 32.2. The zero-order chi connectivity index (χ0) is 16.1. The maximum Gasteiger partial charge on any atom is 0.320 e. The number of aromatic nitrogens is 1.